The highest BCUT2D eigenvalue weighted by Crippen LogP contribution is 2.25. The first-order valence-electron chi connectivity index (χ1n) is 6.62. The van der Waals surface area contributed by atoms with Crippen molar-refractivity contribution in [2.75, 3.05) is 32.2 Å². The molecular formula is C13H22ClNO3. The number of nitrogens with zero attached hydrogens (tertiary/aromatic N) is 1. The largest absolute Gasteiger partial charge is 0.381 e. The van der Waals surface area contributed by atoms with E-state index in [9.17, 15) is 4.79 Å². The van der Waals surface area contributed by atoms with Crippen LogP contribution in [0.2, 0.25) is 0 Å². The summed E-state index contributed by atoms with van der Waals surface area (Å²) in [6.07, 6.45) is 1.84. The van der Waals surface area contributed by atoms with Gasteiger partial charge in [-0.3, -0.25) is 4.79 Å². The molecule has 2 heterocycles. The maximum absolute atomic E-state index is 12.4. The summed E-state index contributed by atoms with van der Waals surface area (Å²) in [6, 6.07) is 0. The molecule has 0 aromatic heterocycles. The van der Waals surface area contributed by atoms with Crippen molar-refractivity contribution in [2.24, 2.45) is 5.92 Å². The van der Waals surface area contributed by atoms with Crippen LogP contribution >= 0.6 is 11.6 Å². The van der Waals surface area contributed by atoms with Gasteiger partial charge in [0.05, 0.1) is 30.1 Å². The molecule has 2 unspecified atom stereocenters. The zero-order valence-electron chi connectivity index (χ0n) is 11.2. The summed E-state index contributed by atoms with van der Waals surface area (Å²) < 4.78 is 11.2. The highest BCUT2D eigenvalue weighted by atomic mass is 35.5. The highest BCUT2D eigenvalue weighted by molar-refractivity contribution is 6.18. The third kappa shape index (κ3) is 3.37. The Labute approximate surface area is 114 Å². The molecule has 0 aromatic carbocycles. The van der Waals surface area contributed by atoms with Gasteiger partial charge in [-0.2, -0.15) is 0 Å². The molecule has 1 amide bonds. The zero-order valence-corrected chi connectivity index (χ0v) is 11.9. The lowest BCUT2D eigenvalue weighted by Gasteiger charge is -2.43. The first-order chi connectivity index (χ1) is 8.52. The molecule has 18 heavy (non-hydrogen) atoms. The lowest BCUT2D eigenvalue weighted by atomic mass is 9.98. The van der Waals surface area contributed by atoms with Gasteiger partial charge in [-0.15, -0.1) is 11.6 Å². The van der Waals surface area contributed by atoms with Gasteiger partial charge in [-0.1, -0.05) is 0 Å². The molecule has 4 nitrogen and oxygen atoms in total. The van der Waals surface area contributed by atoms with E-state index in [-0.39, 0.29) is 23.5 Å². The Bertz CT molecular complexity index is 303. The Hall–Kier alpha value is -0.320. The topological polar surface area (TPSA) is 38.8 Å². The van der Waals surface area contributed by atoms with E-state index in [1.807, 2.05) is 18.7 Å². The summed E-state index contributed by atoms with van der Waals surface area (Å²) in [7, 11) is 0. The molecule has 2 saturated heterocycles. The van der Waals surface area contributed by atoms with Crippen molar-refractivity contribution < 1.29 is 14.3 Å². The van der Waals surface area contributed by atoms with Gasteiger partial charge < -0.3 is 14.4 Å². The smallest absolute Gasteiger partial charge is 0.228 e. The Morgan fingerprint density at radius 2 is 2.28 bits per heavy atom. The molecule has 0 aliphatic carbocycles. The van der Waals surface area contributed by atoms with Crippen molar-refractivity contribution in [3.63, 3.8) is 0 Å². The van der Waals surface area contributed by atoms with Crippen molar-refractivity contribution in [2.45, 2.75) is 38.4 Å². The second-order valence-corrected chi connectivity index (χ2v) is 6.10. The number of carbonyl (C=O) groups excluding carboxylic acids is 1. The molecule has 0 radical (unpaired) electrons. The van der Waals surface area contributed by atoms with Gasteiger partial charge in [0.25, 0.3) is 0 Å². The van der Waals surface area contributed by atoms with E-state index in [1.165, 1.54) is 0 Å². The van der Waals surface area contributed by atoms with Crippen LogP contribution in [-0.2, 0) is 14.3 Å². The number of halogens is 1. The summed E-state index contributed by atoms with van der Waals surface area (Å²) in [5, 5.41) is 0. The monoisotopic (exact) mass is 275 g/mol. The van der Waals surface area contributed by atoms with Crippen LogP contribution in [0.15, 0.2) is 0 Å². The molecule has 5 heteroatoms. The van der Waals surface area contributed by atoms with E-state index in [0.29, 0.717) is 25.6 Å². The molecule has 0 bridgehead atoms. The quantitative estimate of drug-likeness (QED) is 0.720. The molecule has 104 valence electrons. The lowest BCUT2D eigenvalue weighted by Crippen LogP contribution is -2.56. The maximum Gasteiger partial charge on any atom is 0.228 e. The fraction of sp³-hybridized carbons (Fsp3) is 0.923. The predicted molar refractivity (Wildman–Crippen MR) is 69.8 cm³/mol. The molecule has 0 aromatic rings. The number of amides is 1. The molecule has 2 aliphatic heterocycles. The molecule has 0 N–H and O–H groups in total. The molecule has 2 rings (SSSR count). The minimum atomic E-state index is -0.316. The van der Waals surface area contributed by atoms with Crippen LogP contribution in [0, 0.1) is 5.92 Å². The second-order valence-electron chi connectivity index (χ2n) is 5.79. The third-order valence-electron chi connectivity index (χ3n) is 3.47. The average Bonchev–Trinajstić information content (AvgIpc) is 2.37. The third-order valence-corrected chi connectivity index (χ3v) is 3.82. The molecule has 2 atom stereocenters. The van der Waals surface area contributed by atoms with Crippen LogP contribution in [0.5, 0.6) is 0 Å². The summed E-state index contributed by atoms with van der Waals surface area (Å²) in [5.74, 6) is 0.638. The number of rotatable bonds is 2. The SMILES string of the molecule is CC1(C)CN(C(=O)C2CCCOC2)CC(CCl)O1. The number of hydrogen-bond acceptors (Lipinski definition) is 3. The fourth-order valence-corrected chi connectivity index (χ4v) is 2.90. The summed E-state index contributed by atoms with van der Waals surface area (Å²) >= 11 is 5.88. The zero-order chi connectivity index (χ0) is 13.2. The molecule has 0 spiro atoms. The summed E-state index contributed by atoms with van der Waals surface area (Å²) in [6.45, 7) is 6.58. The number of alkyl halides is 1. The number of carbonyl (C=O) groups is 1. The average molecular weight is 276 g/mol. The minimum Gasteiger partial charge on any atom is -0.381 e. The van der Waals surface area contributed by atoms with Crippen LogP contribution in [0.4, 0.5) is 0 Å². The molecule has 0 saturated carbocycles. The van der Waals surface area contributed by atoms with E-state index in [4.69, 9.17) is 21.1 Å². The van der Waals surface area contributed by atoms with Crippen LogP contribution in [0.25, 0.3) is 0 Å². The minimum absolute atomic E-state index is 0.0172. The van der Waals surface area contributed by atoms with E-state index in [0.717, 1.165) is 19.4 Å². The highest BCUT2D eigenvalue weighted by Gasteiger charge is 2.37. The van der Waals surface area contributed by atoms with E-state index < -0.39 is 0 Å². The van der Waals surface area contributed by atoms with Crippen LogP contribution in [0.3, 0.4) is 0 Å². The summed E-state index contributed by atoms with van der Waals surface area (Å²) in [5.41, 5.74) is -0.316. The van der Waals surface area contributed by atoms with Crippen molar-refractivity contribution in [3.8, 4) is 0 Å². The summed E-state index contributed by atoms with van der Waals surface area (Å²) in [4.78, 5) is 14.3. The first kappa shape index (κ1) is 14.1. The number of morpholine rings is 1. The van der Waals surface area contributed by atoms with E-state index in [2.05, 4.69) is 0 Å². The van der Waals surface area contributed by atoms with Crippen LogP contribution < -0.4 is 0 Å². The van der Waals surface area contributed by atoms with Gasteiger partial charge in [-0.05, 0) is 26.7 Å². The number of hydrogen-bond donors (Lipinski definition) is 0. The van der Waals surface area contributed by atoms with Gasteiger partial charge in [0, 0.05) is 19.7 Å². The molecule has 2 aliphatic rings. The fourth-order valence-electron chi connectivity index (χ4n) is 2.74. The van der Waals surface area contributed by atoms with Gasteiger partial charge in [-0.25, -0.2) is 0 Å². The predicted octanol–water partition coefficient (Wildman–Crippen LogP) is 1.66. The van der Waals surface area contributed by atoms with Crippen molar-refractivity contribution in [3.05, 3.63) is 0 Å². The van der Waals surface area contributed by atoms with Crippen LogP contribution in [0.1, 0.15) is 26.7 Å². The van der Waals surface area contributed by atoms with Crippen molar-refractivity contribution in [1.82, 2.24) is 4.90 Å². The van der Waals surface area contributed by atoms with Gasteiger partial charge >= 0.3 is 0 Å². The standard InChI is InChI=1S/C13H22ClNO3/c1-13(2)9-15(7-11(6-14)18-13)12(16)10-4-3-5-17-8-10/h10-11H,3-9H2,1-2H3. The Morgan fingerprint density at radius 1 is 1.50 bits per heavy atom. The maximum atomic E-state index is 12.4. The first-order valence-corrected chi connectivity index (χ1v) is 7.15. The molecular weight excluding hydrogens is 254 g/mol. The van der Waals surface area contributed by atoms with Crippen molar-refractivity contribution >= 4 is 17.5 Å². The van der Waals surface area contributed by atoms with Crippen LogP contribution in [-0.4, -0.2) is 54.7 Å². The lowest BCUT2D eigenvalue weighted by molar-refractivity contribution is -0.164. The normalized spacial score (nSPS) is 32.3. The van der Waals surface area contributed by atoms with E-state index in [1.54, 1.807) is 0 Å². The van der Waals surface area contributed by atoms with Gasteiger partial charge in [0.2, 0.25) is 5.91 Å². The Morgan fingerprint density at radius 3 is 2.89 bits per heavy atom. The van der Waals surface area contributed by atoms with Gasteiger partial charge in [0.15, 0.2) is 0 Å². The number of ether oxygens (including phenoxy) is 2. The Kier molecular flexibility index (Phi) is 4.51. The van der Waals surface area contributed by atoms with Crippen molar-refractivity contribution in [1.29, 1.82) is 0 Å². The Balaban J connectivity index is 1.99. The van der Waals surface area contributed by atoms with E-state index >= 15 is 0 Å². The van der Waals surface area contributed by atoms with Gasteiger partial charge in [0.1, 0.15) is 0 Å². The second kappa shape index (κ2) is 5.76. The molecule has 2 fully saturated rings.